The minimum atomic E-state index is -0.130. The van der Waals surface area contributed by atoms with E-state index in [0.717, 1.165) is 17.7 Å². The summed E-state index contributed by atoms with van der Waals surface area (Å²) >= 11 is 0. The number of benzene rings is 2. The largest absolute Gasteiger partial charge is 0.378 e. The average molecular weight is 227 g/mol. The van der Waals surface area contributed by atoms with Crippen molar-refractivity contribution in [1.82, 2.24) is 0 Å². The molecule has 0 aromatic heterocycles. The second-order valence-corrected chi connectivity index (χ2v) is 4.58. The Kier molecular flexibility index (Phi) is 2.36. The molecule has 0 aliphatic carbocycles. The fourth-order valence-electron chi connectivity index (χ4n) is 2.44. The minimum Gasteiger partial charge on any atom is -0.378 e. The molecule has 1 nitrogen and oxygen atoms in total. The van der Waals surface area contributed by atoms with Gasteiger partial charge in [0.05, 0.1) is 6.04 Å². The van der Waals surface area contributed by atoms with Gasteiger partial charge in [-0.1, -0.05) is 35.9 Å². The highest BCUT2D eigenvalue weighted by atomic mass is 19.1. The molecule has 86 valence electrons. The zero-order chi connectivity index (χ0) is 11.8. The first kappa shape index (κ1) is 10.3. The Balaban J connectivity index is 1.94. The maximum Gasteiger partial charge on any atom is 0.128 e. The van der Waals surface area contributed by atoms with Crippen LogP contribution in [-0.4, -0.2) is 0 Å². The van der Waals surface area contributed by atoms with Crippen LogP contribution in [0.25, 0.3) is 0 Å². The van der Waals surface area contributed by atoms with E-state index < -0.39 is 0 Å². The lowest BCUT2D eigenvalue weighted by Gasteiger charge is -2.12. The predicted molar refractivity (Wildman–Crippen MR) is 67.6 cm³/mol. The predicted octanol–water partition coefficient (Wildman–Crippen LogP) is 3.84. The highest BCUT2D eigenvalue weighted by Gasteiger charge is 2.23. The van der Waals surface area contributed by atoms with Crippen molar-refractivity contribution in [1.29, 1.82) is 0 Å². The van der Waals surface area contributed by atoms with Gasteiger partial charge in [0.25, 0.3) is 0 Å². The lowest BCUT2D eigenvalue weighted by atomic mass is 10.0. The molecule has 1 atom stereocenters. The van der Waals surface area contributed by atoms with Crippen LogP contribution < -0.4 is 5.32 Å². The fourth-order valence-corrected chi connectivity index (χ4v) is 2.44. The fraction of sp³-hybridized carbons (Fsp3) is 0.200. The van der Waals surface area contributed by atoms with Crippen LogP contribution in [0.2, 0.25) is 0 Å². The van der Waals surface area contributed by atoms with Gasteiger partial charge in [-0.25, -0.2) is 4.39 Å². The molecule has 0 spiro atoms. The minimum absolute atomic E-state index is 0.0630. The SMILES string of the molecule is Cc1ccc2c(c1)CC(c1ccccc1F)N2. The third kappa shape index (κ3) is 1.80. The Labute approximate surface area is 100 Å². The third-order valence-electron chi connectivity index (χ3n) is 3.30. The number of fused-ring (bicyclic) bond motifs is 1. The molecule has 1 unspecified atom stereocenters. The van der Waals surface area contributed by atoms with Crippen LogP contribution in [0.5, 0.6) is 0 Å². The van der Waals surface area contributed by atoms with Crippen molar-refractivity contribution >= 4 is 5.69 Å². The molecule has 1 heterocycles. The molecule has 0 amide bonds. The van der Waals surface area contributed by atoms with E-state index in [0.29, 0.717) is 0 Å². The van der Waals surface area contributed by atoms with Crippen molar-refractivity contribution in [2.45, 2.75) is 19.4 Å². The van der Waals surface area contributed by atoms with Gasteiger partial charge in [0.2, 0.25) is 0 Å². The topological polar surface area (TPSA) is 12.0 Å². The molecular weight excluding hydrogens is 213 g/mol. The number of anilines is 1. The van der Waals surface area contributed by atoms with Gasteiger partial charge in [0, 0.05) is 11.3 Å². The van der Waals surface area contributed by atoms with Crippen molar-refractivity contribution in [2.24, 2.45) is 0 Å². The average Bonchev–Trinajstić information content (AvgIpc) is 2.72. The second kappa shape index (κ2) is 3.88. The number of rotatable bonds is 1. The molecule has 1 aliphatic rings. The van der Waals surface area contributed by atoms with Crippen LogP contribution in [0.1, 0.15) is 22.7 Å². The lowest BCUT2D eigenvalue weighted by Crippen LogP contribution is -2.07. The molecule has 1 N–H and O–H groups in total. The van der Waals surface area contributed by atoms with Crippen LogP contribution in [-0.2, 0) is 6.42 Å². The summed E-state index contributed by atoms with van der Waals surface area (Å²) in [5.41, 5.74) is 4.41. The Morgan fingerprint density at radius 2 is 2.00 bits per heavy atom. The maximum atomic E-state index is 13.7. The van der Waals surface area contributed by atoms with E-state index in [1.165, 1.54) is 17.2 Å². The summed E-state index contributed by atoms with van der Waals surface area (Å²) in [4.78, 5) is 0. The molecule has 0 saturated carbocycles. The van der Waals surface area contributed by atoms with Crippen LogP contribution >= 0.6 is 0 Å². The van der Waals surface area contributed by atoms with E-state index in [2.05, 4.69) is 30.4 Å². The van der Waals surface area contributed by atoms with Gasteiger partial charge >= 0.3 is 0 Å². The highest BCUT2D eigenvalue weighted by Crippen LogP contribution is 2.35. The summed E-state index contributed by atoms with van der Waals surface area (Å²) in [6.07, 6.45) is 0.859. The lowest BCUT2D eigenvalue weighted by molar-refractivity contribution is 0.595. The molecular formula is C15H14FN. The molecule has 2 aromatic rings. The smallest absolute Gasteiger partial charge is 0.128 e. The van der Waals surface area contributed by atoms with Gasteiger partial charge < -0.3 is 5.32 Å². The van der Waals surface area contributed by atoms with Crippen LogP contribution in [0.4, 0.5) is 10.1 Å². The normalized spacial score (nSPS) is 17.6. The van der Waals surface area contributed by atoms with Crippen LogP contribution in [0.15, 0.2) is 42.5 Å². The van der Waals surface area contributed by atoms with Gasteiger partial charge in [0.15, 0.2) is 0 Å². The number of hydrogen-bond donors (Lipinski definition) is 1. The number of halogens is 1. The van der Waals surface area contributed by atoms with E-state index in [1.54, 1.807) is 6.07 Å². The van der Waals surface area contributed by atoms with E-state index in [-0.39, 0.29) is 11.9 Å². The summed E-state index contributed by atoms with van der Waals surface area (Å²) in [6, 6.07) is 13.4. The molecule has 0 radical (unpaired) electrons. The quantitative estimate of drug-likeness (QED) is 0.780. The number of aryl methyl sites for hydroxylation is 1. The van der Waals surface area contributed by atoms with E-state index >= 15 is 0 Å². The first-order chi connectivity index (χ1) is 8.24. The van der Waals surface area contributed by atoms with Crippen molar-refractivity contribution in [3.8, 4) is 0 Å². The number of nitrogens with one attached hydrogen (secondary N) is 1. The Morgan fingerprint density at radius 1 is 1.18 bits per heavy atom. The van der Waals surface area contributed by atoms with Crippen LogP contribution in [0, 0.1) is 12.7 Å². The van der Waals surface area contributed by atoms with E-state index in [4.69, 9.17) is 0 Å². The molecule has 2 aromatic carbocycles. The summed E-state index contributed by atoms with van der Waals surface area (Å²) < 4.78 is 13.7. The molecule has 1 aliphatic heterocycles. The molecule has 0 saturated heterocycles. The highest BCUT2D eigenvalue weighted by molar-refractivity contribution is 5.59. The second-order valence-electron chi connectivity index (χ2n) is 4.58. The molecule has 0 fully saturated rings. The molecule has 3 rings (SSSR count). The van der Waals surface area contributed by atoms with Crippen molar-refractivity contribution < 1.29 is 4.39 Å². The van der Waals surface area contributed by atoms with Gasteiger partial charge in [-0.2, -0.15) is 0 Å². The number of hydrogen-bond acceptors (Lipinski definition) is 1. The molecule has 17 heavy (non-hydrogen) atoms. The zero-order valence-corrected chi connectivity index (χ0v) is 9.70. The first-order valence-electron chi connectivity index (χ1n) is 5.84. The van der Waals surface area contributed by atoms with Gasteiger partial charge in [-0.15, -0.1) is 0 Å². The van der Waals surface area contributed by atoms with Gasteiger partial charge in [0.1, 0.15) is 5.82 Å². The summed E-state index contributed by atoms with van der Waals surface area (Å²) in [6.45, 7) is 2.08. The van der Waals surface area contributed by atoms with E-state index in [1.807, 2.05) is 12.1 Å². The Hall–Kier alpha value is -1.83. The monoisotopic (exact) mass is 227 g/mol. The van der Waals surface area contributed by atoms with Crippen molar-refractivity contribution in [3.63, 3.8) is 0 Å². The summed E-state index contributed by atoms with van der Waals surface area (Å²) in [5, 5.41) is 3.38. The Bertz CT molecular complexity index is 563. The molecule has 0 bridgehead atoms. The maximum absolute atomic E-state index is 13.7. The Morgan fingerprint density at radius 3 is 2.82 bits per heavy atom. The summed E-state index contributed by atoms with van der Waals surface area (Å²) in [7, 11) is 0. The van der Waals surface area contributed by atoms with Crippen molar-refractivity contribution in [3.05, 3.63) is 65.0 Å². The first-order valence-corrected chi connectivity index (χ1v) is 5.84. The standard InChI is InChI=1S/C15H14FN/c1-10-6-7-14-11(8-10)9-15(17-14)12-4-2-3-5-13(12)16/h2-8,15,17H,9H2,1H3. The van der Waals surface area contributed by atoms with Crippen LogP contribution in [0.3, 0.4) is 0 Å². The zero-order valence-electron chi connectivity index (χ0n) is 9.70. The van der Waals surface area contributed by atoms with Crippen molar-refractivity contribution in [2.75, 3.05) is 5.32 Å². The molecule has 2 heteroatoms. The third-order valence-corrected chi connectivity index (χ3v) is 3.30. The van der Waals surface area contributed by atoms with Gasteiger partial charge in [-0.05, 0) is 31.0 Å². The van der Waals surface area contributed by atoms with E-state index in [9.17, 15) is 4.39 Å². The van der Waals surface area contributed by atoms with Gasteiger partial charge in [-0.3, -0.25) is 0 Å². The summed E-state index contributed by atoms with van der Waals surface area (Å²) in [5.74, 6) is -0.130.